The summed E-state index contributed by atoms with van der Waals surface area (Å²) in [6, 6.07) is 8.32. The molecule has 6 heteroatoms. The summed E-state index contributed by atoms with van der Waals surface area (Å²) in [6.45, 7) is 5.15. The average Bonchev–Trinajstić information content (AvgIpc) is 2.44. The van der Waals surface area contributed by atoms with Gasteiger partial charge in [-0.2, -0.15) is 0 Å². The zero-order chi connectivity index (χ0) is 17.0. The molecule has 0 spiro atoms. The highest BCUT2D eigenvalue weighted by atomic mass is 16.6. The molecule has 0 aliphatic rings. The van der Waals surface area contributed by atoms with E-state index < -0.39 is 23.7 Å². The first-order valence-corrected chi connectivity index (χ1v) is 7.31. The molecule has 0 radical (unpaired) electrons. The zero-order valence-electron chi connectivity index (χ0n) is 13.4. The molecule has 0 fully saturated rings. The number of hydrogen-bond acceptors (Lipinski definition) is 4. The largest absolute Gasteiger partial charge is 0.480 e. The number of aliphatic carboxylic acids is 1. The summed E-state index contributed by atoms with van der Waals surface area (Å²) in [6.07, 6.45) is 0.949. The predicted octanol–water partition coefficient (Wildman–Crippen LogP) is 2.76. The number of ether oxygens (including phenoxy) is 1. The van der Waals surface area contributed by atoms with Crippen molar-refractivity contribution in [2.75, 3.05) is 0 Å². The topological polar surface area (TPSA) is 88.5 Å². The normalized spacial score (nSPS) is 12.7. The Hall–Kier alpha value is -2.63. The molecule has 0 bridgehead atoms. The molecule has 1 amide bonds. The Kier molecular flexibility index (Phi) is 4.83. The number of nitrogens with one attached hydrogen (secondary N) is 1. The van der Waals surface area contributed by atoms with Crippen LogP contribution in [0.25, 0.3) is 10.8 Å². The maximum absolute atomic E-state index is 11.8. The lowest BCUT2D eigenvalue weighted by Crippen LogP contribution is -2.44. The fourth-order valence-electron chi connectivity index (χ4n) is 2.19. The zero-order valence-corrected chi connectivity index (χ0v) is 13.4. The van der Waals surface area contributed by atoms with E-state index in [0.717, 1.165) is 10.8 Å². The van der Waals surface area contributed by atoms with Crippen LogP contribution in [0.4, 0.5) is 4.79 Å². The van der Waals surface area contributed by atoms with Crippen molar-refractivity contribution in [3.8, 4) is 0 Å². The summed E-state index contributed by atoms with van der Waals surface area (Å²) < 4.78 is 5.11. The van der Waals surface area contributed by atoms with Gasteiger partial charge in [-0.05, 0) is 32.2 Å². The Morgan fingerprint density at radius 3 is 2.61 bits per heavy atom. The number of benzene rings is 1. The van der Waals surface area contributed by atoms with Gasteiger partial charge < -0.3 is 15.2 Å². The van der Waals surface area contributed by atoms with Crippen LogP contribution >= 0.6 is 0 Å². The Morgan fingerprint density at radius 1 is 1.26 bits per heavy atom. The highest BCUT2D eigenvalue weighted by Crippen LogP contribution is 2.18. The number of hydrogen-bond donors (Lipinski definition) is 2. The van der Waals surface area contributed by atoms with Crippen molar-refractivity contribution in [2.24, 2.45) is 0 Å². The van der Waals surface area contributed by atoms with Crippen molar-refractivity contribution in [1.29, 1.82) is 0 Å². The number of fused-ring (bicyclic) bond motifs is 1. The van der Waals surface area contributed by atoms with Crippen molar-refractivity contribution in [1.82, 2.24) is 10.3 Å². The number of alkyl carbamates (subject to hydrolysis) is 1. The summed E-state index contributed by atoms with van der Waals surface area (Å²) in [5.41, 5.74) is -0.0725. The minimum Gasteiger partial charge on any atom is -0.480 e. The van der Waals surface area contributed by atoms with E-state index in [1.807, 2.05) is 30.3 Å². The quantitative estimate of drug-likeness (QED) is 0.905. The predicted molar refractivity (Wildman–Crippen MR) is 86.2 cm³/mol. The second kappa shape index (κ2) is 6.64. The van der Waals surface area contributed by atoms with E-state index in [-0.39, 0.29) is 6.42 Å². The van der Waals surface area contributed by atoms with Crippen LogP contribution in [0.15, 0.2) is 36.5 Å². The van der Waals surface area contributed by atoms with Gasteiger partial charge in [0.15, 0.2) is 0 Å². The molecule has 1 heterocycles. The van der Waals surface area contributed by atoms with Gasteiger partial charge in [0.1, 0.15) is 11.6 Å². The van der Waals surface area contributed by atoms with E-state index in [1.165, 1.54) is 0 Å². The van der Waals surface area contributed by atoms with E-state index in [0.29, 0.717) is 5.69 Å². The Morgan fingerprint density at radius 2 is 1.96 bits per heavy atom. The van der Waals surface area contributed by atoms with Gasteiger partial charge in [0, 0.05) is 18.0 Å². The molecule has 1 atom stereocenters. The maximum atomic E-state index is 11.8. The van der Waals surface area contributed by atoms with Crippen LogP contribution in [0.5, 0.6) is 0 Å². The monoisotopic (exact) mass is 316 g/mol. The molecule has 2 rings (SSSR count). The maximum Gasteiger partial charge on any atom is 0.408 e. The van der Waals surface area contributed by atoms with Crippen LogP contribution in [-0.2, 0) is 16.0 Å². The summed E-state index contributed by atoms with van der Waals surface area (Å²) in [5, 5.41) is 13.6. The molecule has 0 saturated carbocycles. The second-order valence-corrected chi connectivity index (χ2v) is 6.22. The summed E-state index contributed by atoms with van der Waals surface area (Å²) in [7, 11) is 0. The molecule has 122 valence electrons. The smallest absolute Gasteiger partial charge is 0.408 e. The van der Waals surface area contributed by atoms with Crippen LogP contribution in [0.2, 0.25) is 0 Å². The number of aromatic nitrogens is 1. The first kappa shape index (κ1) is 16.7. The van der Waals surface area contributed by atoms with E-state index in [1.54, 1.807) is 27.0 Å². The molecule has 1 aromatic carbocycles. The molecule has 23 heavy (non-hydrogen) atoms. The van der Waals surface area contributed by atoms with Crippen LogP contribution in [-0.4, -0.2) is 33.8 Å². The van der Waals surface area contributed by atoms with E-state index in [2.05, 4.69) is 10.3 Å². The first-order valence-electron chi connectivity index (χ1n) is 7.31. The molecule has 2 aromatic rings. The summed E-state index contributed by atoms with van der Waals surface area (Å²) >= 11 is 0. The summed E-state index contributed by atoms with van der Waals surface area (Å²) in [4.78, 5) is 27.5. The van der Waals surface area contributed by atoms with Crippen LogP contribution < -0.4 is 5.32 Å². The third-order valence-corrected chi connectivity index (χ3v) is 3.14. The lowest BCUT2D eigenvalue weighted by molar-refractivity contribution is -0.139. The molecule has 0 aliphatic heterocycles. The van der Waals surface area contributed by atoms with Crippen molar-refractivity contribution in [3.63, 3.8) is 0 Å². The standard InChI is InChI=1S/C17H20N2O4/c1-17(2,3)23-16(22)19-14(15(20)21)10-13-12-7-5-4-6-11(12)8-9-18-13/h4-9,14H,10H2,1-3H3,(H,19,22)(H,20,21). The molecule has 0 aliphatic carbocycles. The number of pyridine rings is 1. The molecule has 2 N–H and O–H groups in total. The van der Waals surface area contributed by atoms with Crippen molar-refractivity contribution >= 4 is 22.8 Å². The lowest BCUT2D eigenvalue weighted by Gasteiger charge is -2.22. The number of carboxylic acids is 1. The van der Waals surface area contributed by atoms with Crippen LogP contribution in [0, 0.1) is 0 Å². The SMILES string of the molecule is CC(C)(C)OC(=O)NC(Cc1nccc2ccccc12)C(=O)O. The number of carbonyl (C=O) groups is 2. The van der Waals surface area contributed by atoms with Gasteiger partial charge >= 0.3 is 12.1 Å². The Labute approximate surface area is 134 Å². The minimum atomic E-state index is -1.13. The second-order valence-electron chi connectivity index (χ2n) is 6.22. The highest BCUT2D eigenvalue weighted by Gasteiger charge is 2.25. The van der Waals surface area contributed by atoms with E-state index >= 15 is 0 Å². The number of nitrogens with zero attached hydrogens (tertiary/aromatic N) is 1. The Bertz CT molecular complexity index is 717. The van der Waals surface area contributed by atoms with Crippen molar-refractivity contribution in [2.45, 2.75) is 38.8 Å². The average molecular weight is 316 g/mol. The Balaban J connectivity index is 2.19. The molecule has 6 nitrogen and oxygen atoms in total. The van der Waals surface area contributed by atoms with Gasteiger partial charge in [-0.25, -0.2) is 9.59 Å². The molecule has 0 saturated heterocycles. The molecular weight excluding hydrogens is 296 g/mol. The van der Waals surface area contributed by atoms with Gasteiger partial charge in [-0.1, -0.05) is 24.3 Å². The van der Waals surface area contributed by atoms with Gasteiger partial charge in [-0.15, -0.1) is 0 Å². The molecule has 1 unspecified atom stereocenters. The number of carboxylic acid groups (broad SMARTS) is 1. The fraction of sp³-hybridized carbons (Fsp3) is 0.353. The third kappa shape index (κ3) is 4.67. The first-order chi connectivity index (χ1) is 10.8. The molecule has 1 aromatic heterocycles. The minimum absolute atomic E-state index is 0.0793. The number of rotatable bonds is 4. The number of carbonyl (C=O) groups excluding carboxylic acids is 1. The van der Waals surface area contributed by atoms with Gasteiger partial charge in [0.25, 0.3) is 0 Å². The third-order valence-electron chi connectivity index (χ3n) is 3.14. The van der Waals surface area contributed by atoms with Crippen LogP contribution in [0.1, 0.15) is 26.5 Å². The van der Waals surface area contributed by atoms with Crippen molar-refractivity contribution < 1.29 is 19.4 Å². The lowest BCUT2D eigenvalue weighted by atomic mass is 10.0. The van der Waals surface area contributed by atoms with Gasteiger partial charge in [0.2, 0.25) is 0 Å². The van der Waals surface area contributed by atoms with Crippen LogP contribution in [0.3, 0.4) is 0 Å². The van der Waals surface area contributed by atoms with E-state index in [9.17, 15) is 14.7 Å². The van der Waals surface area contributed by atoms with E-state index in [4.69, 9.17) is 4.74 Å². The number of amides is 1. The van der Waals surface area contributed by atoms with Gasteiger partial charge in [-0.3, -0.25) is 4.98 Å². The highest BCUT2D eigenvalue weighted by molar-refractivity contribution is 5.86. The fourth-order valence-corrected chi connectivity index (χ4v) is 2.19. The van der Waals surface area contributed by atoms with Gasteiger partial charge in [0.05, 0.1) is 5.69 Å². The summed E-state index contributed by atoms with van der Waals surface area (Å²) in [5.74, 6) is -1.13. The molecular formula is C17H20N2O4. The van der Waals surface area contributed by atoms with Crippen molar-refractivity contribution in [3.05, 3.63) is 42.2 Å².